The molecule has 5 amide bonds. The van der Waals surface area contributed by atoms with Crippen molar-refractivity contribution in [1.29, 1.82) is 0 Å². The number of fused-ring (bicyclic) bond motifs is 3. The molecule has 1 heterocycles. The highest BCUT2D eigenvalue weighted by atomic mass is 33.1. The number of hydrogen-bond donors (Lipinski definition) is 6. The number of amides is 5. The first-order valence-corrected chi connectivity index (χ1v) is 17.1. The van der Waals surface area contributed by atoms with E-state index in [4.69, 9.17) is 9.84 Å². The first kappa shape index (κ1) is 35.8. The summed E-state index contributed by atoms with van der Waals surface area (Å²) >= 11 is 0. The van der Waals surface area contributed by atoms with E-state index in [0.29, 0.717) is 5.03 Å². The van der Waals surface area contributed by atoms with E-state index in [-0.39, 0.29) is 31.2 Å². The predicted octanol–water partition coefficient (Wildman–Crippen LogP) is 1.67. The SMILES string of the molecule is O=C(O)CCNC(=O)[C@H](CSSc1ccccn1)NC(=O)CNC(=O)CNC(=O)CNC(=O)OCC1c2ccccc2-c2ccccc21. The van der Waals surface area contributed by atoms with Crippen LogP contribution in [0.1, 0.15) is 23.5 Å². The van der Waals surface area contributed by atoms with Crippen molar-refractivity contribution in [3.63, 3.8) is 0 Å². The van der Waals surface area contributed by atoms with Gasteiger partial charge in [-0.2, -0.15) is 0 Å². The largest absolute Gasteiger partial charge is 0.481 e. The minimum Gasteiger partial charge on any atom is -0.481 e. The first-order chi connectivity index (χ1) is 23.2. The van der Waals surface area contributed by atoms with E-state index in [1.165, 1.54) is 21.6 Å². The normalized spacial score (nSPS) is 12.1. The lowest BCUT2D eigenvalue weighted by molar-refractivity contribution is -0.137. The summed E-state index contributed by atoms with van der Waals surface area (Å²) in [6.45, 7) is -1.42. The van der Waals surface area contributed by atoms with Gasteiger partial charge in [0.25, 0.3) is 0 Å². The summed E-state index contributed by atoms with van der Waals surface area (Å²) in [6.07, 6.45) is 0.546. The molecule has 14 nitrogen and oxygen atoms in total. The zero-order chi connectivity index (χ0) is 34.3. The maximum absolute atomic E-state index is 12.6. The molecule has 16 heteroatoms. The Morgan fingerprint density at radius 3 is 2.00 bits per heavy atom. The molecular formula is C32H34N6O8S2. The second-order valence-electron chi connectivity index (χ2n) is 10.3. The highest BCUT2D eigenvalue weighted by molar-refractivity contribution is 8.76. The third kappa shape index (κ3) is 11.0. The summed E-state index contributed by atoms with van der Waals surface area (Å²) < 4.78 is 5.39. The summed E-state index contributed by atoms with van der Waals surface area (Å²) in [4.78, 5) is 76.8. The first-order valence-electron chi connectivity index (χ1n) is 14.8. The van der Waals surface area contributed by atoms with Crippen LogP contribution in [0, 0.1) is 0 Å². The molecule has 0 aliphatic heterocycles. The highest BCUT2D eigenvalue weighted by Crippen LogP contribution is 2.44. The van der Waals surface area contributed by atoms with E-state index in [0.717, 1.165) is 22.3 Å². The molecule has 0 spiro atoms. The van der Waals surface area contributed by atoms with E-state index in [2.05, 4.69) is 31.6 Å². The van der Waals surface area contributed by atoms with Crippen LogP contribution in [-0.4, -0.2) is 90.4 Å². The monoisotopic (exact) mass is 694 g/mol. The van der Waals surface area contributed by atoms with Crippen LogP contribution in [0.25, 0.3) is 11.1 Å². The van der Waals surface area contributed by atoms with Gasteiger partial charge in [0, 0.05) is 24.4 Å². The lowest BCUT2D eigenvalue weighted by atomic mass is 9.98. The molecule has 1 aliphatic carbocycles. The number of alkyl carbamates (subject to hydrolysis) is 1. The van der Waals surface area contributed by atoms with Crippen molar-refractivity contribution in [2.75, 3.05) is 38.5 Å². The summed E-state index contributed by atoms with van der Waals surface area (Å²) in [6, 6.07) is 20.1. The molecule has 252 valence electrons. The van der Waals surface area contributed by atoms with Crippen LogP contribution < -0.4 is 26.6 Å². The third-order valence-corrected chi connectivity index (χ3v) is 9.21. The number of nitrogens with one attached hydrogen (secondary N) is 5. The van der Waals surface area contributed by atoms with Crippen molar-refractivity contribution >= 4 is 57.3 Å². The van der Waals surface area contributed by atoms with Gasteiger partial charge < -0.3 is 36.4 Å². The zero-order valence-corrected chi connectivity index (χ0v) is 27.2. The summed E-state index contributed by atoms with van der Waals surface area (Å²) in [5.74, 6) is -3.67. The average Bonchev–Trinajstić information content (AvgIpc) is 3.41. The number of hydrogen-bond acceptors (Lipinski definition) is 10. The number of ether oxygens (including phenoxy) is 1. The van der Waals surface area contributed by atoms with Crippen LogP contribution in [-0.2, 0) is 28.7 Å². The van der Waals surface area contributed by atoms with Crippen LogP contribution >= 0.6 is 21.6 Å². The zero-order valence-electron chi connectivity index (χ0n) is 25.6. The molecule has 1 aromatic heterocycles. The number of nitrogens with zero attached hydrogens (tertiary/aromatic N) is 1. The number of aromatic nitrogens is 1. The lowest BCUT2D eigenvalue weighted by Crippen LogP contribution is -2.51. The molecule has 2 aromatic carbocycles. The molecule has 0 saturated carbocycles. The fourth-order valence-electron chi connectivity index (χ4n) is 4.69. The molecule has 0 saturated heterocycles. The fraction of sp³-hybridized carbons (Fsp3) is 0.281. The Morgan fingerprint density at radius 1 is 0.771 bits per heavy atom. The number of rotatable bonds is 17. The molecule has 4 rings (SSSR count). The summed E-state index contributed by atoms with van der Waals surface area (Å²) in [5.41, 5.74) is 4.28. The lowest BCUT2D eigenvalue weighted by Gasteiger charge is -2.18. The molecule has 1 atom stereocenters. The number of carboxylic acids is 1. The van der Waals surface area contributed by atoms with E-state index in [1.54, 1.807) is 24.4 Å². The van der Waals surface area contributed by atoms with Gasteiger partial charge >= 0.3 is 12.1 Å². The molecule has 0 unspecified atom stereocenters. The molecule has 48 heavy (non-hydrogen) atoms. The standard InChI is InChI=1S/C32H34N6O8S2/c39-26(36-17-28(41)38-25(31(44)34-14-12-30(42)43)19-47-48-29-11-5-6-13-33-29)15-35-27(40)16-37-32(45)46-18-24-22-9-3-1-7-20(22)21-8-2-4-10-23(21)24/h1-11,13,24-25H,12,14-19H2,(H,34,44)(H,35,40)(H,36,39)(H,37,45)(H,38,41)(H,42,43)/t25-/m0/s1. The van der Waals surface area contributed by atoms with Gasteiger partial charge in [-0.05, 0) is 45.2 Å². The van der Waals surface area contributed by atoms with Crippen LogP contribution in [0.3, 0.4) is 0 Å². The third-order valence-electron chi connectivity index (χ3n) is 6.94. The van der Waals surface area contributed by atoms with Crippen molar-refractivity contribution < 1.29 is 38.6 Å². The van der Waals surface area contributed by atoms with Gasteiger partial charge in [0.15, 0.2) is 0 Å². The van der Waals surface area contributed by atoms with E-state index >= 15 is 0 Å². The van der Waals surface area contributed by atoms with E-state index < -0.39 is 61.4 Å². The Bertz CT molecular complexity index is 1580. The maximum Gasteiger partial charge on any atom is 0.407 e. The van der Waals surface area contributed by atoms with Gasteiger partial charge in [0.1, 0.15) is 24.2 Å². The Balaban J connectivity index is 1.14. The van der Waals surface area contributed by atoms with Gasteiger partial charge in [-0.1, -0.05) is 65.4 Å². The van der Waals surface area contributed by atoms with Crippen molar-refractivity contribution in [2.24, 2.45) is 0 Å². The van der Waals surface area contributed by atoms with Gasteiger partial charge in [0.2, 0.25) is 23.6 Å². The Hall–Kier alpha value is -5.09. The van der Waals surface area contributed by atoms with Crippen molar-refractivity contribution in [2.45, 2.75) is 23.4 Å². The van der Waals surface area contributed by atoms with Crippen molar-refractivity contribution in [3.05, 3.63) is 84.1 Å². The summed E-state index contributed by atoms with van der Waals surface area (Å²) in [5, 5.41) is 21.6. The number of carbonyl (C=O) groups is 6. The molecule has 0 bridgehead atoms. The van der Waals surface area contributed by atoms with Gasteiger partial charge in [-0.15, -0.1) is 0 Å². The summed E-state index contributed by atoms with van der Waals surface area (Å²) in [7, 11) is 2.55. The topological polar surface area (TPSA) is 205 Å². The molecule has 3 aromatic rings. The smallest absolute Gasteiger partial charge is 0.407 e. The van der Waals surface area contributed by atoms with Gasteiger partial charge in [-0.3, -0.25) is 24.0 Å². The maximum atomic E-state index is 12.6. The number of pyridine rings is 1. The van der Waals surface area contributed by atoms with Crippen LogP contribution in [0.15, 0.2) is 78.0 Å². The van der Waals surface area contributed by atoms with Crippen molar-refractivity contribution in [1.82, 2.24) is 31.6 Å². The van der Waals surface area contributed by atoms with Gasteiger partial charge in [0.05, 0.1) is 19.5 Å². The fourth-order valence-corrected chi connectivity index (χ4v) is 6.76. The van der Waals surface area contributed by atoms with E-state index in [9.17, 15) is 28.8 Å². The Kier molecular flexibility index (Phi) is 13.6. The Morgan fingerprint density at radius 2 is 1.38 bits per heavy atom. The van der Waals surface area contributed by atoms with Gasteiger partial charge in [-0.25, -0.2) is 9.78 Å². The van der Waals surface area contributed by atoms with Crippen molar-refractivity contribution in [3.8, 4) is 11.1 Å². The quantitative estimate of drug-likeness (QED) is 0.112. The molecule has 1 aliphatic rings. The van der Waals surface area contributed by atoms with Crippen LogP contribution in [0.4, 0.5) is 4.79 Å². The molecule has 0 radical (unpaired) electrons. The second kappa shape index (κ2) is 18.3. The minimum absolute atomic E-state index is 0.0819. The van der Waals surface area contributed by atoms with E-state index in [1.807, 2.05) is 48.5 Å². The number of carboxylic acid groups (broad SMARTS) is 1. The highest BCUT2D eigenvalue weighted by Gasteiger charge is 2.29. The van der Waals surface area contributed by atoms with Crippen LogP contribution in [0.5, 0.6) is 0 Å². The number of carbonyl (C=O) groups excluding carboxylic acids is 5. The molecular weight excluding hydrogens is 661 g/mol. The molecule has 6 N–H and O–H groups in total. The Labute approximate surface area is 284 Å². The van der Waals surface area contributed by atoms with Crippen LogP contribution in [0.2, 0.25) is 0 Å². The molecule has 0 fully saturated rings. The minimum atomic E-state index is -1.08. The predicted molar refractivity (Wildman–Crippen MR) is 179 cm³/mol. The average molecular weight is 695 g/mol. The number of aliphatic carboxylic acids is 1. The number of benzene rings is 2. The second-order valence-corrected chi connectivity index (χ2v) is 12.7.